The highest BCUT2D eigenvalue weighted by atomic mass is 35.5. The minimum Gasteiger partial charge on any atom is -0.358 e. The number of halogens is 1. The van der Waals surface area contributed by atoms with Crippen molar-refractivity contribution in [1.82, 2.24) is 20.3 Å². The quantitative estimate of drug-likeness (QED) is 0.786. The Hall–Kier alpha value is -1.63. The van der Waals surface area contributed by atoms with Crippen molar-refractivity contribution < 1.29 is 4.79 Å². The smallest absolute Gasteiger partial charge is 0.239 e. The number of carbonyl (C=O) groups is 1. The Bertz CT molecular complexity index is 409. The molecule has 1 aromatic heterocycles. The van der Waals surface area contributed by atoms with Crippen molar-refractivity contribution in [2.75, 3.05) is 36.9 Å². The Morgan fingerprint density at radius 1 is 1.28 bits per heavy atom. The maximum Gasteiger partial charge on any atom is 0.239 e. The van der Waals surface area contributed by atoms with Crippen LogP contribution in [-0.4, -0.2) is 47.5 Å². The Labute approximate surface area is 111 Å². The van der Waals surface area contributed by atoms with Gasteiger partial charge in [-0.1, -0.05) is 0 Å². The largest absolute Gasteiger partial charge is 0.358 e. The predicted molar refractivity (Wildman–Crippen MR) is 71.0 cm³/mol. The minimum absolute atomic E-state index is 0.0918. The molecule has 0 bridgehead atoms. The number of carbonyl (C=O) groups excluding carboxylic acids is 1. The van der Waals surface area contributed by atoms with Crippen molar-refractivity contribution in [2.24, 2.45) is 0 Å². The van der Waals surface area contributed by atoms with Crippen molar-refractivity contribution in [3.63, 3.8) is 0 Å². The summed E-state index contributed by atoms with van der Waals surface area (Å²) in [7, 11) is 1.56. The van der Waals surface area contributed by atoms with Crippen LogP contribution in [0.5, 0.6) is 0 Å². The highest BCUT2D eigenvalue weighted by molar-refractivity contribution is 6.28. The second-order valence-corrected chi connectivity index (χ2v) is 3.77. The van der Waals surface area contributed by atoms with Crippen LogP contribution in [0.3, 0.4) is 0 Å². The fourth-order valence-corrected chi connectivity index (χ4v) is 1.47. The third kappa shape index (κ3) is 3.99. The van der Waals surface area contributed by atoms with E-state index in [1.54, 1.807) is 7.05 Å². The lowest BCUT2D eigenvalue weighted by molar-refractivity contribution is -0.118. The second kappa shape index (κ2) is 6.95. The summed E-state index contributed by atoms with van der Waals surface area (Å²) in [6.07, 6.45) is 0. The number of anilines is 2. The van der Waals surface area contributed by atoms with E-state index in [9.17, 15) is 4.79 Å². The van der Waals surface area contributed by atoms with E-state index in [4.69, 9.17) is 11.6 Å². The van der Waals surface area contributed by atoms with E-state index >= 15 is 0 Å². The number of hydrogen-bond donors (Lipinski definition) is 2. The summed E-state index contributed by atoms with van der Waals surface area (Å²) in [5.74, 6) is 0.635. The third-order valence-electron chi connectivity index (χ3n) is 2.33. The molecule has 0 aliphatic heterocycles. The molecule has 0 atom stereocenters. The van der Waals surface area contributed by atoms with Gasteiger partial charge in [-0.3, -0.25) is 4.79 Å². The molecule has 0 aliphatic rings. The van der Waals surface area contributed by atoms with Crippen molar-refractivity contribution in [3.8, 4) is 0 Å². The molecule has 0 fully saturated rings. The van der Waals surface area contributed by atoms with Gasteiger partial charge in [-0.25, -0.2) is 0 Å². The van der Waals surface area contributed by atoms with Crippen LogP contribution < -0.4 is 15.5 Å². The number of aromatic nitrogens is 3. The molecule has 0 unspecified atom stereocenters. The fraction of sp³-hybridized carbons (Fsp3) is 0.600. The third-order valence-corrected chi connectivity index (χ3v) is 2.50. The average Bonchev–Trinajstić information content (AvgIpc) is 2.37. The normalized spacial score (nSPS) is 10.0. The van der Waals surface area contributed by atoms with Gasteiger partial charge in [0.1, 0.15) is 0 Å². The number of amides is 1. The molecule has 1 heterocycles. The monoisotopic (exact) mass is 272 g/mol. The van der Waals surface area contributed by atoms with E-state index in [0.29, 0.717) is 11.9 Å². The van der Waals surface area contributed by atoms with Gasteiger partial charge in [0.05, 0.1) is 6.54 Å². The Balaban J connectivity index is 2.83. The molecule has 18 heavy (non-hydrogen) atoms. The van der Waals surface area contributed by atoms with Gasteiger partial charge in [-0.15, -0.1) is 0 Å². The van der Waals surface area contributed by atoms with Gasteiger partial charge < -0.3 is 15.5 Å². The summed E-state index contributed by atoms with van der Waals surface area (Å²) in [5, 5.41) is 5.39. The lowest BCUT2D eigenvalue weighted by Crippen LogP contribution is -2.28. The first-order valence-electron chi connectivity index (χ1n) is 5.71. The molecular weight excluding hydrogens is 256 g/mol. The van der Waals surface area contributed by atoms with Crippen LogP contribution in [0.1, 0.15) is 13.8 Å². The van der Waals surface area contributed by atoms with Gasteiger partial charge in [0, 0.05) is 20.1 Å². The van der Waals surface area contributed by atoms with E-state index < -0.39 is 0 Å². The fourth-order valence-electron chi connectivity index (χ4n) is 1.31. The first-order chi connectivity index (χ1) is 8.60. The molecule has 0 spiro atoms. The molecule has 8 heteroatoms. The summed E-state index contributed by atoms with van der Waals surface area (Å²) in [4.78, 5) is 25.2. The van der Waals surface area contributed by atoms with E-state index in [-0.39, 0.29) is 17.7 Å². The summed E-state index contributed by atoms with van der Waals surface area (Å²) >= 11 is 5.83. The number of rotatable bonds is 6. The first kappa shape index (κ1) is 14.4. The van der Waals surface area contributed by atoms with Crippen LogP contribution in [0, 0.1) is 0 Å². The maximum atomic E-state index is 11.1. The van der Waals surface area contributed by atoms with Crippen molar-refractivity contribution in [3.05, 3.63) is 5.28 Å². The van der Waals surface area contributed by atoms with E-state index in [0.717, 1.165) is 13.1 Å². The minimum atomic E-state index is -0.157. The van der Waals surface area contributed by atoms with Crippen molar-refractivity contribution in [1.29, 1.82) is 0 Å². The molecule has 7 nitrogen and oxygen atoms in total. The van der Waals surface area contributed by atoms with Gasteiger partial charge in [0.15, 0.2) is 0 Å². The first-order valence-corrected chi connectivity index (χ1v) is 6.09. The molecule has 1 rings (SSSR count). The zero-order valence-electron chi connectivity index (χ0n) is 10.7. The lowest BCUT2D eigenvalue weighted by Gasteiger charge is -2.18. The number of hydrogen-bond acceptors (Lipinski definition) is 6. The molecule has 0 saturated carbocycles. The highest BCUT2D eigenvalue weighted by Crippen LogP contribution is 2.13. The van der Waals surface area contributed by atoms with Gasteiger partial charge in [-0.05, 0) is 25.4 Å². The lowest BCUT2D eigenvalue weighted by atomic mass is 10.5. The van der Waals surface area contributed by atoms with E-state index in [1.165, 1.54) is 0 Å². The van der Waals surface area contributed by atoms with Crippen LogP contribution in [0.2, 0.25) is 5.28 Å². The molecule has 0 saturated heterocycles. The van der Waals surface area contributed by atoms with Gasteiger partial charge in [-0.2, -0.15) is 15.0 Å². The van der Waals surface area contributed by atoms with E-state index in [2.05, 4.69) is 25.6 Å². The topological polar surface area (TPSA) is 83.0 Å². The van der Waals surface area contributed by atoms with Crippen LogP contribution in [-0.2, 0) is 4.79 Å². The molecule has 2 N–H and O–H groups in total. The number of nitrogens with one attached hydrogen (secondary N) is 2. The Kier molecular flexibility index (Phi) is 5.57. The van der Waals surface area contributed by atoms with Crippen LogP contribution in [0.15, 0.2) is 0 Å². The van der Waals surface area contributed by atoms with Gasteiger partial charge in [0.2, 0.25) is 23.1 Å². The Morgan fingerprint density at radius 2 is 1.94 bits per heavy atom. The van der Waals surface area contributed by atoms with Gasteiger partial charge >= 0.3 is 0 Å². The number of likely N-dealkylation sites (N-methyl/N-ethyl adjacent to an activating group) is 1. The van der Waals surface area contributed by atoms with Crippen LogP contribution in [0.25, 0.3) is 0 Å². The van der Waals surface area contributed by atoms with E-state index in [1.807, 2.05) is 18.7 Å². The van der Waals surface area contributed by atoms with Crippen molar-refractivity contribution in [2.45, 2.75) is 13.8 Å². The molecule has 0 aromatic carbocycles. The maximum absolute atomic E-state index is 11.1. The predicted octanol–water partition coefficient (Wildman–Crippen LogP) is 0.529. The Morgan fingerprint density at radius 3 is 2.50 bits per heavy atom. The molecule has 100 valence electrons. The van der Waals surface area contributed by atoms with Crippen LogP contribution in [0.4, 0.5) is 11.9 Å². The van der Waals surface area contributed by atoms with Crippen molar-refractivity contribution >= 4 is 29.4 Å². The standard InChI is InChI=1S/C10H17ClN6O/c1-4-17(5-2)10-15-8(11)14-9(16-10)13-6-7(18)12-3/h4-6H2,1-3H3,(H,12,18)(H,13,14,15,16). The zero-order chi connectivity index (χ0) is 13.5. The molecule has 0 radical (unpaired) electrons. The molecule has 1 aromatic rings. The van der Waals surface area contributed by atoms with Crippen LogP contribution >= 0.6 is 11.6 Å². The molecule has 0 aliphatic carbocycles. The van der Waals surface area contributed by atoms with Gasteiger partial charge in [0.25, 0.3) is 0 Å². The summed E-state index contributed by atoms with van der Waals surface area (Å²) in [6.45, 7) is 5.63. The number of nitrogens with zero attached hydrogens (tertiary/aromatic N) is 4. The summed E-state index contributed by atoms with van der Waals surface area (Å²) in [5.41, 5.74) is 0. The molecule has 1 amide bonds. The molecular formula is C10H17ClN6O. The highest BCUT2D eigenvalue weighted by Gasteiger charge is 2.10. The summed E-state index contributed by atoms with van der Waals surface area (Å²) in [6, 6.07) is 0. The zero-order valence-corrected chi connectivity index (χ0v) is 11.5. The average molecular weight is 273 g/mol. The SMILES string of the molecule is CCN(CC)c1nc(Cl)nc(NCC(=O)NC)n1. The summed E-state index contributed by atoms with van der Waals surface area (Å²) < 4.78 is 0. The second-order valence-electron chi connectivity index (χ2n) is 3.43.